The van der Waals surface area contributed by atoms with Gasteiger partial charge in [0.25, 0.3) is 0 Å². The van der Waals surface area contributed by atoms with Crippen molar-refractivity contribution in [1.29, 1.82) is 0 Å². The van der Waals surface area contributed by atoms with E-state index >= 15 is 0 Å². The zero-order valence-corrected chi connectivity index (χ0v) is 9.02. The third kappa shape index (κ3) is 3.12. The van der Waals surface area contributed by atoms with Gasteiger partial charge in [-0.15, -0.1) is 0 Å². The average Bonchev–Trinajstić information content (AvgIpc) is 2.05. The summed E-state index contributed by atoms with van der Waals surface area (Å²) in [7, 11) is -2.89. The Morgan fingerprint density at radius 3 is 2.69 bits per heavy atom. The molecule has 1 N–H and O–H groups in total. The quantitative estimate of drug-likeness (QED) is 0.688. The molecule has 0 amide bonds. The van der Waals surface area contributed by atoms with Crippen LogP contribution in [0.15, 0.2) is 11.6 Å². The first-order chi connectivity index (χ1) is 6.02. The summed E-state index contributed by atoms with van der Waals surface area (Å²) < 4.78 is 23.1. The van der Waals surface area contributed by atoms with Gasteiger partial charge in [0, 0.05) is 6.54 Å². The van der Waals surface area contributed by atoms with Crippen molar-refractivity contribution in [1.82, 2.24) is 5.32 Å². The van der Waals surface area contributed by atoms with E-state index in [1.54, 1.807) is 13.8 Å². The number of hydrogen-bond acceptors (Lipinski definition) is 3. The molecule has 0 aromatic carbocycles. The van der Waals surface area contributed by atoms with Crippen LogP contribution < -0.4 is 5.32 Å². The monoisotopic (exact) mass is 203 g/mol. The predicted octanol–water partition coefficient (Wildman–Crippen LogP) is 0.729. The molecule has 0 aromatic heterocycles. The molecule has 0 aliphatic carbocycles. The Morgan fingerprint density at radius 1 is 1.54 bits per heavy atom. The first-order valence-corrected chi connectivity index (χ1v) is 6.34. The third-order valence-electron chi connectivity index (χ3n) is 2.26. The Kier molecular flexibility index (Phi) is 3.50. The summed E-state index contributed by atoms with van der Waals surface area (Å²) in [5, 5.41) is 2.90. The van der Waals surface area contributed by atoms with E-state index in [-0.39, 0.29) is 11.0 Å². The van der Waals surface area contributed by atoms with Crippen LogP contribution in [-0.2, 0) is 9.84 Å². The second-order valence-corrected chi connectivity index (χ2v) is 6.23. The summed E-state index contributed by atoms with van der Waals surface area (Å²) in [5.41, 5.74) is 1.06. The minimum absolute atomic E-state index is 0.242. The molecule has 0 spiro atoms. The zero-order valence-electron chi connectivity index (χ0n) is 8.21. The normalized spacial score (nSPS) is 18.8. The van der Waals surface area contributed by atoms with Crippen LogP contribution in [-0.4, -0.2) is 32.5 Å². The van der Waals surface area contributed by atoms with Crippen molar-refractivity contribution in [3.05, 3.63) is 11.6 Å². The van der Waals surface area contributed by atoms with Crippen LogP contribution >= 0.6 is 0 Å². The summed E-state index contributed by atoms with van der Waals surface area (Å²) in [6.07, 6.45) is 2.86. The molecule has 1 rings (SSSR count). The van der Waals surface area contributed by atoms with E-state index in [0.717, 1.165) is 25.1 Å². The molecule has 0 bridgehead atoms. The van der Waals surface area contributed by atoms with Gasteiger partial charge in [-0.25, -0.2) is 8.42 Å². The fraction of sp³-hybridized carbons (Fsp3) is 0.778. The summed E-state index contributed by atoms with van der Waals surface area (Å²) in [6.45, 7) is 5.18. The lowest BCUT2D eigenvalue weighted by Gasteiger charge is -2.15. The predicted molar refractivity (Wildman–Crippen MR) is 54.5 cm³/mol. The van der Waals surface area contributed by atoms with Gasteiger partial charge >= 0.3 is 0 Å². The molecule has 0 radical (unpaired) electrons. The van der Waals surface area contributed by atoms with Gasteiger partial charge in [0.05, 0.1) is 11.0 Å². The van der Waals surface area contributed by atoms with Crippen molar-refractivity contribution in [2.24, 2.45) is 0 Å². The van der Waals surface area contributed by atoms with Crippen LogP contribution in [0, 0.1) is 0 Å². The summed E-state index contributed by atoms with van der Waals surface area (Å²) in [4.78, 5) is 0. The fourth-order valence-corrected chi connectivity index (χ4v) is 2.34. The van der Waals surface area contributed by atoms with E-state index in [2.05, 4.69) is 5.32 Å². The van der Waals surface area contributed by atoms with Gasteiger partial charge < -0.3 is 5.32 Å². The highest BCUT2D eigenvalue weighted by molar-refractivity contribution is 7.92. The van der Waals surface area contributed by atoms with Gasteiger partial charge in [0.2, 0.25) is 0 Å². The molecule has 3 nitrogen and oxygen atoms in total. The van der Waals surface area contributed by atoms with E-state index in [0.29, 0.717) is 0 Å². The molecule has 0 fully saturated rings. The molecule has 4 heteroatoms. The van der Waals surface area contributed by atoms with Crippen LogP contribution in [0.2, 0.25) is 0 Å². The highest BCUT2D eigenvalue weighted by Crippen LogP contribution is 2.11. The van der Waals surface area contributed by atoms with E-state index < -0.39 is 9.84 Å². The maximum absolute atomic E-state index is 11.5. The molecular formula is C9H17NO2S. The minimum atomic E-state index is -2.89. The zero-order chi connectivity index (χ0) is 9.90. The second kappa shape index (κ2) is 4.24. The molecule has 1 aliphatic heterocycles. The minimum Gasteiger partial charge on any atom is -0.313 e. The number of hydrogen-bond donors (Lipinski definition) is 1. The van der Waals surface area contributed by atoms with Crippen LogP contribution in [0.25, 0.3) is 0 Å². The van der Waals surface area contributed by atoms with E-state index in [4.69, 9.17) is 0 Å². The Hall–Kier alpha value is -0.350. The van der Waals surface area contributed by atoms with Crippen molar-refractivity contribution in [2.75, 3.05) is 18.8 Å². The van der Waals surface area contributed by atoms with Crippen LogP contribution in [0.4, 0.5) is 0 Å². The molecule has 0 saturated heterocycles. The average molecular weight is 203 g/mol. The van der Waals surface area contributed by atoms with Crippen molar-refractivity contribution >= 4 is 9.84 Å². The van der Waals surface area contributed by atoms with E-state index in [1.807, 2.05) is 6.08 Å². The van der Waals surface area contributed by atoms with Gasteiger partial charge in [-0.3, -0.25) is 0 Å². The Morgan fingerprint density at radius 2 is 2.23 bits per heavy atom. The molecule has 76 valence electrons. The van der Waals surface area contributed by atoms with Crippen molar-refractivity contribution in [2.45, 2.75) is 25.5 Å². The lowest BCUT2D eigenvalue weighted by Crippen LogP contribution is -2.25. The Bertz CT molecular complexity index is 291. The second-order valence-electron chi connectivity index (χ2n) is 3.67. The molecule has 1 heterocycles. The Balaban J connectivity index is 2.62. The smallest absolute Gasteiger partial charge is 0.156 e. The first kappa shape index (κ1) is 10.7. The summed E-state index contributed by atoms with van der Waals surface area (Å²) in [5.74, 6) is 0.242. The van der Waals surface area contributed by atoms with Crippen molar-refractivity contribution in [3.63, 3.8) is 0 Å². The molecule has 1 aliphatic rings. The van der Waals surface area contributed by atoms with Crippen LogP contribution in [0.5, 0.6) is 0 Å². The first-order valence-electron chi connectivity index (χ1n) is 4.62. The van der Waals surface area contributed by atoms with Crippen molar-refractivity contribution in [3.8, 4) is 0 Å². The molecular weight excluding hydrogens is 186 g/mol. The summed E-state index contributed by atoms with van der Waals surface area (Å²) in [6, 6.07) is 0. The molecule has 0 atom stereocenters. The van der Waals surface area contributed by atoms with E-state index in [1.165, 1.54) is 0 Å². The topological polar surface area (TPSA) is 46.2 Å². The largest absolute Gasteiger partial charge is 0.313 e. The fourth-order valence-electron chi connectivity index (χ4n) is 1.23. The van der Waals surface area contributed by atoms with E-state index in [9.17, 15) is 8.42 Å². The molecule has 13 heavy (non-hydrogen) atoms. The van der Waals surface area contributed by atoms with Gasteiger partial charge in [0.1, 0.15) is 0 Å². The molecule has 0 aromatic rings. The molecule has 0 saturated carbocycles. The maximum atomic E-state index is 11.5. The number of nitrogens with one attached hydrogen (secondary N) is 1. The van der Waals surface area contributed by atoms with Crippen LogP contribution in [0.3, 0.4) is 0 Å². The maximum Gasteiger partial charge on any atom is 0.156 e. The van der Waals surface area contributed by atoms with Crippen molar-refractivity contribution < 1.29 is 8.42 Å². The highest BCUT2D eigenvalue weighted by Gasteiger charge is 2.18. The SMILES string of the molecule is CC(C)S(=O)(=O)CC1=CCNCC1. The number of rotatable bonds is 3. The van der Waals surface area contributed by atoms with Gasteiger partial charge in [-0.2, -0.15) is 0 Å². The molecule has 0 unspecified atom stereocenters. The third-order valence-corrected chi connectivity index (χ3v) is 4.47. The standard InChI is InChI=1S/C9H17NO2S/c1-8(2)13(11,12)7-9-3-5-10-6-4-9/h3,8,10H,4-7H2,1-2H3. The van der Waals surface area contributed by atoms with Gasteiger partial charge in [-0.05, 0) is 26.8 Å². The Labute approximate surface area is 80.1 Å². The summed E-state index contributed by atoms with van der Waals surface area (Å²) >= 11 is 0. The lowest BCUT2D eigenvalue weighted by atomic mass is 10.1. The lowest BCUT2D eigenvalue weighted by molar-refractivity contribution is 0.587. The van der Waals surface area contributed by atoms with Crippen LogP contribution in [0.1, 0.15) is 20.3 Å². The highest BCUT2D eigenvalue weighted by atomic mass is 32.2. The number of sulfone groups is 1. The van der Waals surface area contributed by atoms with Gasteiger partial charge in [-0.1, -0.05) is 11.6 Å². The van der Waals surface area contributed by atoms with Gasteiger partial charge in [0.15, 0.2) is 9.84 Å².